The van der Waals surface area contributed by atoms with Crippen LogP contribution in [0.15, 0.2) is 18.2 Å². The van der Waals surface area contributed by atoms with Crippen LogP contribution in [-0.4, -0.2) is 26.9 Å². The zero-order valence-electron chi connectivity index (χ0n) is 12.1. The third kappa shape index (κ3) is 2.64. The van der Waals surface area contributed by atoms with Gasteiger partial charge in [-0.25, -0.2) is 0 Å². The van der Waals surface area contributed by atoms with Crippen molar-refractivity contribution in [1.29, 1.82) is 0 Å². The molecule has 0 bridgehead atoms. The number of hydrogen-bond acceptors (Lipinski definition) is 4. The lowest BCUT2D eigenvalue weighted by Crippen LogP contribution is -2.31. The van der Waals surface area contributed by atoms with E-state index in [0.717, 1.165) is 16.8 Å². The molecule has 0 aliphatic rings. The number of anilines is 1. The Morgan fingerprint density at radius 2 is 2.05 bits per heavy atom. The molecule has 0 unspecified atom stereocenters. The molecule has 106 valence electrons. The van der Waals surface area contributed by atoms with E-state index in [4.69, 9.17) is 5.73 Å². The lowest BCUT2D eigenvalue weighted by atomic mass is 10.1. The minimum atomic E-state index is -0.311. The van der Waals surface area contributed by atoms with Gasteiger partial charge >= 0.3 is 0 Å². The number of amides is 1. The number of aryl methyl sites for hydroxylation is 2. The van der Waals surface area contributed by atoms with Gasteiger partial charge in [0.25, 0.3) is 5.91 Å². The highest BCUT2D eigenvalue weighted by molar-refractivity contribution is 5.96. The van der Waals surface area contributed by atoms with Gasteiger partial charge < -0.3 is 11.1 Å². The van der Waals surface area contributed by atoms with Gasteiger partial charge in [-0.3, -0.25) is 4.79 Å². The van der Waals surface area contributed by atoms with Crippen LogP contribution in [0.25, 0.3) is 5.69 Å². The fourth-order valence-corrected chi connectivity index (χ4v) is 1.91. The van der Waals surface area contributed by atoms with E-state index in [1.807, 2.05) is 45.9 Å². The van der Waals surface area contributed by atoms with Crippen molar-refractivity contribution in [3.8, 4) is 5.69 Å². The highest BCUT2D eigenvalue weighted by Crippen LogP contribution is 2.19. The molecule has 1 aromatic heterocycles. The summed E-state index contributed by atoms with van der Waals surface area (Å²) < 4.78 is 1.50. The van der Waals surface area contributed by atoms with Gasteiger partial charge in [0, 0.05) is 6.04 Å². The number of nitrogens with two attached hydrogens (primary N) is 1. The monoisotopic (exact) mass is 273 g/mol. The average molecular weight is 273 g/mol. The van der Waals surface area contributed by atoms with E-state index in [1.54, 1.807) is 0 Å². The quantitative estimate of drug-likeness (QED) is 0.889. The predicted octanol–water partition coefficient (Wildman–Crippen LogP) is 1.60. The van der Waals surface area contributed by atoms with Crippen LogP contribution in [0.5, 0.6) is 0 Å². The molecule has 3 N–H and O–H groups in total. The summed E-state index contributed by atoms with van der Waals surface area (Å²) in [5, 5.41) is 10.6. The van der Waals surface area contributed by atoms with Gasteiger partial charge in [-0.1, -0.05) is 17.3 Å². The van der Waals surface area contributed by atoms with Crippen LogP contribution >= 0.6 is 0 Å². The zero-order chi connectivity index (χ0) is 14.9. The summed E-state index contributed by atoms with van der Waals surface area (Å²) in [7, 11) is 0. The third-order valence-electron chi connectivity index (χ3n) is 2.93. The van der Waals surface area contributed by atoms with Gasteiger partial charge in [0.2, 0.25) is 0 Å². The normalized spacial score (nSPS) is 10.8. The molecule has 6 heteroatoms. The first-order valence-corrected chi connectivity index (χ1v) is 6.50. The van der Waals surface area contributed by atoms with E-state index < -0.39 is 0 Å². The Balaban J connectivity index is 2.43. The van der Waals surface area contributed by atoms with Crippen molar-refractivity contribution in [1.82, 2.24) is 20.3 Å². The lowest BCUT2D eigenvalue weighted by molar-refractivity contribution is 0.0939. The molecule has 20 heavy (non-hydrogen) atoms. The molecule has 2 rings (SSSR count). The SMILES string of the molecule is Cc1ccc(C)c(-n2nnc(C(=O)NC(C)C)c2N)c1. The van der Waals surface area contributed by atoms with Crippen molar-refractivity contribution in [2.45, 2.75) is 33.7 Å². The van der Waals surface area contributed by atoms with Crippen LogP contribution in [0.4, 0.5) is 5.82 Å². The van der Waals surface area contributed by atoms with Crippen molar-refractivity contribution >= 4 is 11.7 Å². The summed E-state index contributed by atoms with van der Waals surface area (Å²) >= 11 is 0. The van der Waals surface area contributed by atoms with Gasteiger partial charge in [0.1, 0.15) is 0 Å². The lowest BCUT2D eigenvalue weighted by Gasteiger charge is -2.09. The fourth-order valence-electron chi connectivity index (χ4n) is 1.91. The van der Waals surface area contributed by atoms with E-state index in [-0.39, 0.29) is 23.5 Å². The number of nitrogens with one attached hydrogen (secondary N) is 1. The largest absolute Gasteiger partial charge is 0.382 e. The molecule has 6 nitrogen and oxygen atoms in total. The molecule has 1 amide bonds. The third-order valence-corrected chi connectivity index (χ3v) is 2.93. The molecule has 0 fully saturated rings. The summed E-state index contributed by atoms with van der Waals surface area (Å²) in [5.74, 6) is -0.0640. The van der Waals surface area contributed by atoms with E-state index in [2.05, 4.69) is 15.6 Å². The Kier molecular flexibility index (Phi) is 3.74. The summed E-state index contributed by atoms with van der Waals surface area (Å²) in [6, 6.07) is 5.98. The standard InChI is InChI=1S/C14H19N5O/c1-8(2)16-14(20)12-13(15)19(18-17-12)11-7-9(3)5-6-10(11)4/h5-8H,15H2,1-4H3,(H,16,20). The van der Waals surface area contributed by atoms with Gasteiger partial charge in [-0.05, 0) is 44.9 Å². The minimum absolute atomic E-state index is 0.0211. The number of rotatable bonds is 3. The van der Waals surface area contributed by atoms with Crippen molar-refractivity contribution < 1.29 is 4.79 Å². The maximum Gasteiger partial charge on any atom is 0.275 e. The Morgan fingerprint density at radius 1 is 1.35 bits per heavy atom. The molecular formula is C14H19N5O. The van der Waals surface area contributed by atoms with E-state index >= 15 is 0 Å². The number of carbonyl (C=O) groups is 1. The van der Waals surface area contributed by atoms with Crippen molar-refractivity contribution in [2.75, 3.05) is 5.73 Å². The molecule has 0 spiro atoms. The first kappa shape index (κ1) is 14.0. The van der Waals surface area contributed by atoms with Crippen molar-refractivity contribution in [3.05, 3.63) is 35.0 Å². The number of nitrogens with zero attached hydrogens (tertiary/aromatic N) is 3. The molecule has 0 aliphatic heterocycles. The Bertz CT molecular complexity index is 645. The summed E-state index contributed by atoms with van der Waals surface area (Å²) in [6.45, 7) is 7.71. The Hall–Kier alpha value is -2.37. The Morgan fingerprint density at radius 3 is 2.70 bits per heavy atom. The van der Waals surface area contributed by atoms with Gasteiger partial charge in [-0.15, -0.1) is 5.10 Å². The van der Waals surface area contributed by atoms with Crippen LogP contribution in [0.1, 0.15) is 35.5 Å². The fraction of sp³-hybridized carbons (Fsp3) is 0.357. The number of benzene rings is 1. The van der Waals surface area contributed by atoms with Crippen LogP contribution in [0.2, 0.25) is 0 Å². The molecule has 0 radical (unpaired) electrons. The summed E-state index contributed by atoms with van der Waals surface area (Å²) in [5.41, 5.74) is 9.10. The first-order chi connectivity index (χ1) is 9.40. The second kappa shape index (κ2) is 5.32. The van der Waals surface area contributed by atoms with Crippen LogP contribution in [0.3, 0.4) is 0 Å². The van der Waals surface area contributed by atoms with Crippen molar-refractivity contribution in [2.24, 2.45) is 0 Å². The molecule has 1 heterocycles. The molecule has 0 saturated carbocycles. The highest BCUT2D eigenvalue weighted by Gasteiger charge is 2.19. The summed E-state index contributed by atoms with van der Waals surface area (Å²) in [6.07, 6.45) is 0. The average Bonchev–Trinajstić information content (AvgIpc) is 2.73. The maximum absolute atomic E-state index is 12.0. The van der Waals surface area contributed by atoms with Crippen LogP contribution in [-0.2, 0) is 0 Å². The topological polar surface area (TPSA) is 85.8 Å². The van der Waals surface area contributed by atoms with Crippen LogP contribution < -0.4 is 11.1 Å². The maximum atomic E-state index is 12.0. The van der Waals surface area contributed by atoms with E-state index in [0.29, 0.717) is 0 Å². The number of hydrogen-bond donors (Lipinski definition) is 2. The van der Waals surface area contributed by atoms with E-state index in [9.17, 15) is 4.79 Å². The highest BCUT2D eigenvalue weighted by atomic mass is 16.2. The van der Waals surface area contributed by atoms with Gasteiger partial charge in [0.15, 0.2) is 11.5 Å². The molecular weight excluding hydrogens is 254 g/mol. The molecule has 2 aromatic rings. The molecule has 0 aliphatic carbocycles. The van der Waals surface area contributed by atoms with Crippen LogP contribution in [0, 0.1) is 13.8 Å². The second-order valence-corrected chi connectivity index (χ2v) is 5.15. The Labute approximate surface area is 118 Å². The van der Waals surface area contributed by atoms with E-state index in [1.165, 1.54) is 4.68 Å². The minimum Gasteiger partial charge on any atom is -0.382 e. The van der Waals surface area contributed by atoms with Gasteiger partial charge in [0.05, 0.1) is 5.69 Å². The summed E-state index contributed by atoms with van der Waals surface area (Å²) in [4.78, 5) is 12.0. The molecule has 1 aromatic carbocycles. The van der Waals surface area contributed by atoms with Crippen molar-refractivity contribution in [3.63, 3.8) is 0 Å². The second-order valence-electron chi connectivity index (χ2n) is 5.15. The number of nitrogen functional groups attached to an aromatic ring is 1. The molecule has 0 atom stereocenters. The zero-order valence-corrected chi connectivity index (χ0v) is 12.1. The first-order valence-electron chi connectivity index (χ1n) is 6.50. The van der Waals surface area contributed by atoms with Gasteiger partial charge in [-0.2, -0.15) is 4.68 Å². The predicted molar refractivity (Wildman–Crippen MR) is 77.8 cm³/mol. The molecule has 0 saturated heterocycles. The smallest absolute Gasteiger partial charge is 0.275 e. The number of aromatic nitrogens is 3. The number of carbonyl (C=O) groups excluding carboxylic acids is 1.